The molecule has 2 atom stereocenters. The summed E-state index contributed by atoms with van der Waals surface area (Å²) < 4.78 is 0. The van der Waals surface area contributed by atoms with Crippen LogP contribution in [0.2, 0.25) is 0 Å². The number of rotatable bonds is 0. The zero-order valence-corrected chi connectivity index (χ0v) is 8.77. The third kappa shape index (κ3) is 2.12. The molecule has 0 aliphatic heterocycles. The molecule has 0 saturated heterocycles. The lowest BCUT2D eigenvalue weighted by molar-refractivity contribution is 0.303. The molecular weight excluding hydrogens is 144 g/mol. The minimum atomic E-state index is 0.980. The van der Waals surface area contributed by atoms with Crippen LogP contribution in [-0.2, 0) is 0 Å². The Morgan fingerprint density at radius 3 is 2.50 bits per heavy atom. The predicted molar refractivity (Wildman–Crippen MR) is 55.2 cm³/mol. The Labute approximate surface area is 77.1 Å². The second-order valence-electron chi connectivity index (χ2n) is 3.93. The second kappa shape index (κ2) is 4.69. The number of allylic oxidation sites excluding steroid dienone is 2. The molecule has 0 heterocycles. The van der Waals surface area contributed by atoms with Gasteiger partial charge in [-0.05, 0) is 38.0 Å². The van der Waals surface area contributed by atoms with E-state index in [9.17, 15) is 0 Å². The molecule has 0 radical (unpaired) electrons. The topological polar surface area (TPSA) is 0 Å². The molecule has 0 aromatic rings. The summed E-state index contributed by atoms with van der Waals surface area (Å²) in [6.45, 7) is 6.29. The summed E-state index contributed by atoms with van der Waals surface area (Å²) in [5.74, 6) is 2.03. The van der Waals surface area contributed by atoms with Crippen LogP contribution in [-0.4, -0.2) is 0 Å². The Morgan fingerprint density at radius 1 is 1.17 bits per heavy atom. The van der Waals surface area contributed by atoms with Gasteiger partial charge in [0, 0.05) is 0 Å². The fourth-order valence-electron chi connectivity index (χ4n) is 2.56. The second-order valence-corrected chi connectivity index (χ2v) is 3.93. The average Bonchev–Trinajstić information content (AvgIpc) is 2.48. The van der Waals surface area contributed by atoms with E-state index in [-0.39, 0.29) is 0 Å². The van der Waals surface area contributed by atoms with Gasteiger partial charge in [-0.2, -0.15) is 0 Å². The molecule has 70 valence electrons. The molecule has 0 bridgehead atoms. The van der Waals surface area contributed by atoms with Gasteiger partial charge in [-0.25, -0.2) is 0 Å². The Balaban J connectivity index is 0.000000336. The Morgan fingerprint density at radius 2 is 1.83 bits per heavy atom. The minimum absolute atomic E-state index is 0.980. The van der Waals surface area contributed by atoms with E-state index in [1.807, 2.05) is 13.8 Å². The van der Waals surface area contributed by atoms with E-state index in [0.717, 1.165) is 11.8 Å². The normalized spacial score (nSPS) is 33.1. The molecule has 0 aromatic carbocycles. The highest BCUT2D eigenvalue weighted by Crippen LogP contribution is 2.40. The van der Waals surface area contributed by atoms with Crippen LogP contribution in [0.4, 0.5) is 0 Å². The van der Waals surface area contributed by atoms with E-state index in [4.69, 9.17) is 0 Å². The van der Waals surface area contributed by atoms with Crippen LogP contribution in [0.3, 0.4) is 0 Å². The Hall–Kier alpha value is -0.260. The zero-order valence-electron chi connectivity index (χ0n) is 8.77. The van der Waals surface area contributed by atoms with Gasteiger partial charge in [0.1, 0.15) is 0 Å². The van der Waals surface area contributed by atoms with Crippen molar-refractivity contribution in [1.82, 2.24) is 0 Å². The van der Waals surface area contributed by atoms with Gasteiger partial charge in [0.05, 0.1) is 0 Å². The smallest absolute Gasteiger partial charge is 0.0200 e. The van der Waals surface area contributed by atoms with Gasteiger partial charge >= 0.3 is 0 Å². The molecule has 2 aliphatic rings. The molecule has 2 rings (SSSR count). The van der Waals surface area contributed by atoms with Crippen LogP contribution in [0.1, 0.15) is 52.9 Å². The minimum Gasteiger partial charge on any atom is -0.0822 e. The maximum Gasteiger partial charge on any atom is -0.0200 e. The molecule has 2 aliphatic carbocycles. The molecule has 0 heteroatoms. The maximum absolute atomic E-state index is 2.52. The van der Waals surface area contributed by atoms with E-state index in [0.29, 0.717) is 0 Å². The van der Waals surface area contributed by atoms with Crippen molar-refractivity contribution in [1.29, 1.82) is 0 Å². The van der Waals surface area contributed by atoms with E-state index < -0.39 is 0 Å². The van der Waals surface area contributed by atoms with Crippen molar-refractivity contribution in [2.45, 2.75) is 52.9 Å². The lowest BCUT2D eigenvalue weighted by Gasteiger charge is -2.24. The SMILES string of the molecule is CC.CC1=CC2CCCCC2C1. The van der Waals surface area contributed by atoms with Crippen LogP contribution in [0.15, 0.2) is 11.6 Å². The summed E-state index contributed by atoms with van der Waals surface area (Å²) in [7, 11) is 0. The van der Waals surface area contributed by atoms with E-state index in [1.165, 1.54) is 32.1 Å². The van der Waals surface area contributed by atoms with E-state index >= 15 is 0 Å². The molecule has 1 fully saturated rings. The van der Waals surface area contributed by atoms with Crippen molar-refractivity contribution in [3.05, 3.63) is 11.6 Å². The Bertz CT molecular complexity index is 155. The lowest BCUT2D eigenvalue weighted by Crippen LogP contribution is -2.12. The summed E-state index contributed by atoms with van der Waals surface area (Å²) in [5.41, 5.74) is 1.65. The van der Waals surface area contributed by atoms with Gasteiger partial charge in [-0.1, -0.05) is 38.3 Å². The maximum atomic E-state index is 2.52. The van der Waals surface area contributed by atoms with Crippen molar-refractivity contribution in [2.24, 2.45) is 11.8 Å². The van der Waals surface area contributed by atoms with Crippen molar-refractivity contribution in [2.75, 3.05) is 0 Å². The highest BCUT2D eigenvalue weighted by molar-refractivity contribution is 5.12. The van der Waals surface area contributed by atoms with Gasteiger partial charge in [0.15, 0.2) is 0 Å². The standard InChI is InChI=1S/C10H16.C2H6/c1-8-6-9-4-2-3-5-10(9)7-8;1-2/h6,9-10H,2-5,7H2,1H3;1-2H3. The van der Waals surface area contributed by atoms with Crippen molar-refractivity contribution in [3.8, 4) is 0 Å². The van der Waals surface area contributed by atoms with E-state index in [2.05, 4.69) is 13.0 Å². The molecule has 2 unspecified atom stereocenters. The summed E-state index contributed by atoms with van der Waals surface area (Å²) in [6.07, 6.45) is 9.86. The Kier molecular flexibility index (Phi) is 3.84. The van der Waals surface area contributed by atoms with Gasteiger partial charge in [0.25, 0.3) is 0 Å². The molecule has 0 spiro atoms. The molecule has 1 saturated carbocycles. The molecule has 0 nitrogen and oxygen atoms in total. The molecule has 0 N–H and O–H groups in total. The number of fused-ring (bicyclic) bond motifs is 1. The largest absolute Gasteiger partial charge is 0.0822 e. The van der Waals surface area contributed by atoms with Gasteiger partial charge in [-0.15, -0.1) is 0 Å². The zero-order chi connectivity index (χ0) is 8.97. The van der Waals surface area contributed by atoms with Crippen LogP contribution in [0.25, 0.3) is 0 Å². The molecule has 0 aromatic heterocycles. The highest BCUT2D eigenvalue weighted by Gasteiger charge is 2.27. The first-order valence-corrected chi connectivity index (χ1v) is 5.53. The fourth-order valence-corrected chi connectivity index (χ4v) is 2.56. The van der Waals surface area contributed by atoms with Crippen molar-refractivity contribution in [3.63, 3.8) is 0 Å². The third-order valence-corrected chi connectivity index (χ3v) is 3.05. The first-order chi connectivity index (χ1) is 5.86. The summed E-state index contributed by atoms with van der Waals surface area (Å²) >= 11 is 0. The highest BCUT2D eigenvalue weighted by atomic mass is 14.3. The first-order valence-electron chi connectivity index (χ1n) is 5.53. The van der Waals surface area contributed by atoms with Gasteiger partial charge in [0.2, 0.25) is 0 Å². The monoisotopic (exact) mass is 166 g/mol. The average molecular weight is 166 g/mol. The molecular formula is C12H22. The van der Waals surface area contributed by atoms with Crippen LogP contribution >= 0.6 is 0 Å². The molecule has 0 amide bonds. The number of hydrogen-bond acceptors (Lipinski definition) is 0. The lowest BCUT2D eigenvalue weighted by atomic mass is 9.81. The first kappa shape index (κ1) is 9.83. The van der Waals surface area contributed by atoms with Gasteiger partial charge < -0.3 is 0 Å². The quantitative estimate of drug-likeness (QED) is 0.474. The fraction of sp³-hybridized carbons (Fsp3) is 0.833. The van der Waals surface area contributed by atoms with Crippen molar-refractivity contribution >= 4 is 0 Å². The van der Waals surface area contributed by atoms with E-state index in [1.54, 1.807) is 5.57 Å². The number of hydrogen-bond donors (Lipinski definition) is 0. The summed E-state index contributed by atoms with van der Waals surface area (Å²) in [4.78, 5) is 0. The summed E-state index contributed by atoms with van der Waals surface area (Å²) in [5, 5.41) is 0. The van der Waals surface area contributed by atoms with Crippen molar-refractivity contribution < 1.29 is 0 Å². The van der Waals surface area contributed by atoms with Gasteiger partial charge in [-0.3, -0.25) is 0 Å². The van der Waals surface area contributed by atoms with Crippen LogP contribution in [0, 0.1) is 11.8 Å². The molecule has 12 heavy (non-hydrogen) atoms. The summed E-state index contributed by atoms with van der Waals surface area (Å²) in [6, 6.07) is 0. The predicted octanol–water partition coefficient (Wildman–Crippen LogP) is 4.17. The van der Waals surface area contributed by atoms with Crippen LogP contribution in [0.5, 0.6) is 0 Å². The van der Waals surface area contributed by atoms with Crippen LogP contribution < -0.4 is 0 Å². The third-order valence-electron chi connectivity index (χ3n) is 3.05.